The van der Waals surface area contributed by atoms with Gasteiger partial charge in [-0.05, 0) is 30.3 Å². The lowest BCUT2D eigenvalue weighted by Crippen LogP contribution is -2.27. The first-order valence-corrected chi connectivity index (χ1v) is 10.2. The van der Waals surface area contributed by atoms with Crippen molar-refractivity contribution in [3.05, 3.63) is 96.2 Å². The van der Waals surface area contributed by atoms with Gasteiger partial charge in [0.25, 0.3) is 11.8 Å². The molecule has 5 rings (SSSR count). The number of carbonyl (C=O) groups excluding carboxylic acids is 2. The highest BCUT2D eigenvalue weighted by molar-refractivity contribution is 5.99. The van der Waals surface area contributed by atoms with E-state index in [4.69, 9.17) is 9.84 Å². The Morgan fingerprint density at radius 2 is 1.78 bits per heavy atom. The van der Waals surface area contributed by atoms with E-state index in [9.17, 15) is 9.59 Å². The van der Waals surface area contributed by atoms with Gasteiger partial charge in [0.15, 0.2) is 6.61 Å². The average molecular weight is 424 g/mol. The fourth-order valence-electron chi connectivity index (χ4n) is 3.59. The Bertz CT molecular complexity index is 1280. The zero-order valence-corrected chi connectivity index (χ0v) is 17.1. The number of anilines is 1. The molecule has 2 amide bonds. The van der Waals surface area contributed by atoms with Crippen molar-refractivity contribution >= 4 is 17.5 Å². The van der Waals surface area contributed by atoms with Crippen molar-refractivity contribution < 1.29 is 14.3 Å². The Balaban J connectivity index is 1.40. The lowest BCUT2D eigenvalue weighted by Gasteiger charge is -2.18. The van der Waals surface area contributed by atoms with Gasteiger partial charge in [-0.2, -0.15) is 5.10 Å². The molecule has 0 unspecified atom stereocenters. The normalized spacial score (nSPS) is 12.4. The van der Waals surface area contributed by atoms with Gasteiger partial charge in [-0.3, -0.25) is 9.59 Å². The van der Waals surface area contributed by atoms with Gasteiger partial charge in [-0.15, -0.1) is 0 Å². The van der Waals surface area contributed by atoms with Crippen LogP contribution in [0.2, 0.25) is 0 Å². The molecule has 0 aliphatic carbocycles. The summed E-state index contributed by atoms with van der Waals surface area (Å²) in [6, 6.07) is 24.7. The Hall–Kier alpha value is -4.39. The van der Waals surface area contributed by atoms with E-state index < -0.39 is 0 Å². The minimum Gasteiger partial charge on any atom is -0.482 e. The van der Waals surface area contributed by atoms with Crippen molar-refractivity contribution in [3.8, 4) is 22.7 Å². The van der Waals surface area contributed by atoms with E-state index in [2.05, 4.69) is 10.6 Å². The number of hydrogen-bond donors (Lipinski definition) is 2. The number of benzene rings is 3. The predicted molar refractivity (Wildman–Crippen MR) is 121 cm³/mol. The summed E-state index contributed by atoms with van der Waals surface area (Å²) < 4.78 is 7.17. The summed E-state index contributed by atoms with van der Waals surface area (Å²) >= 11 is 0. The van der Waals surface area contributed by atoms with Crippen LogP contribution in [0.25, 0.3) is 16.9 Å². The largest absolute Gasteiger partial charge is 0.482 e. The first kappa shape index (κ1) is 19.6. The van der Waals surface area contributed by atoms with E-state index in [1.165, 1.54) is 0 Å². The molecule has 0 radical (unpaired) electrons. The van der Waals surface area contributed by atoms with E-state index in [1.807, 2.05) is 71.5 Å². The maximum Gasteiger partial charge on any atom is 0.262 e. The number of rotatable bonds is 5. The Morgan fingerprint density at radius 3 is 2.56 bits per heavy atom. The van der Waals surface area contributed by atoms with E-state index >= 15 is 0 Å². The maximum absolute atomic E-state index is 12.8. The fraction of sp³-hybridized carbons (Fsp3) is 0.0800. The summed E-state index contributed by atoms with van der Waals surface area (Å²) in [7, 11) is 0. The Labute approximate surface area is 184 Å². The van der Waals surface area contributed by atoms with Crippen molar-refractivity contribution in [1.82, 2.24) is 15.1 Å². The molecule has 2 N–H and O–H groups in total. The predicted octanol–water partition coefficient (Wildman–Crippen LogP) is 3.80. The van der Waals surface area contributed by atoms with Crippen LogP contribution in [0.5, 0.6) is 5.75 Å². The van der Waals surface area contributed by atoms with E-state index in [-0.39, 0.29) is 18.4 Å². The number of ether oxygens (including phenoxy) is 1. The lowest BCUT2D eigenvalue weighted by atomic mass is 10.1. The van der Waals surface area contributed by atoms with E-state index in [0.717, 1.165) is 22.5 Å². The van der Waals surface area contributed by atoms with Crippen molar-refractivity contribution in [3.63, 3.8) is 0 Å². The molecule has 158 valence electrons. The topological polar surface area (TPSA) is 85.2 Å². The molecule has 3 aromatic carbocycles. The summed E-state index contributed by atoms with van der Waals surface area (Å²) in [5.74, 6) is 0.0617. The maximum atomic E-state index is 12.8. The molecular formula is C25H20N4O3. The molecule has 2 heterocycles. The van der Waals surface area contributed by atoms with Gasteiger partial charge < -0.3 is 15.4 Å². The Morgan fingerprint density at radius 1 is 1.03 bits per heavy atom. The Kier molecular flexibility index (Phi) is 5.13. The molecular weight excluding hydrogens is 404 g/mol. The minimum atomic E-state index is -0.251. The molecule has 1 aliphatic rings. The molecule has 0 atom stereocenters. The van der Waals surface area contributed by atoms with Crippen molar-refractivity contribution in [2.24, 2.45) is 0 Å². The van der Waals surface area contributed by atoms with Gasteiger partial charge in [0.1, 0.15) is 5.75 Å². The van der Waals surface area contributed by atoms with Crippen molar-refractivity contribution in [2.45, 2.75) is 6.54 Å². The molecule has 7 heteroatoms. The second-order valence-corrected chi connectivity index (χ2v) is 7.38. The third-order valence-corrected chi connectivity index (χ3v) is 5.17. The SMILES string of the molecule is O=C1COc2ccc(C(=O)NCc3cn(-c4ccccc4)nc3-c3ccccc3)cc2N1. The molecule has 0 fully saturated rings. The number of nitrogens with zero attached hydrogens (tertiary/aromatic N) is 2. The quantitative estimate of drug-likeness (QED) is 0.510. The summed E-state index contributed by atoms with van der Waals surface area (Å²) in [6.45, 7) is 0.280. The van der Waals surface area contributed by atoms with Gasteiger partial charge in [-0.25, -0.2) is 4.68 Å². The van der Waals surface area contributed by atoms with Gasteiger partial charge in [0, 0.05) is 29.4 Å². The standard InChI is InChI=1S/C25H20N4O3/c30-23-16-32-22-12-11-18(13-21(22)27-23)25(31)26-14-19-15-29(20-9-5-2-6-10-20)28-24(19)17-7-3-1-4-8-17/h1-13,15H,14,16H2,(H,26,31)(H,27,30). The first-order chi connectivity index (χ1) is 15.7. The van der Waals surface area contributed by atoms with Crippen LogP contribution in [-0.4, -0.2) is 28.2 Å². The van der Waals surface area contributed by atoms with Gasteiger partial charge in [0.05, 0.1) is 17.1 Å². The molecule has 1 aromatic heterocycles. The number of carbonyl (C=O) groups is 2. The van der Waals surface area contributed by atoms with Crippen molar-refractivity contribution in [2.75, 3.05) is 11.9 Å². The van der Waals surface area contributed by atoms with Crippen LogP contribution < -0.4 is 15.4 Å². The number of fused-ring (bicyclic) bond motifs is 1. The number of amides is 2. The zero-order valence-electron chi connectivity index (χ0n) is 17.1. The third-order valence-electron chi connectivity index (χ3n) is 5.17. The average Bonchev–Trinajstić information content (AvgIpc) is 3.27. The number of nitrogens with one attached hydrogen (secondary N) is 2. The van der Waals surface area contributed by atoms with Gasteiger partial charge >= 0.3 is 0 Å². The highest BCUT2D eigenvalue weighted by atomic mass is 16.5. The zero-order chi connectivity index (χ0) is 21.9. The molecule has 4 aromatic rings. The van der Waals surface area contributed by atoms with Gasteiger partial charge in [0.2, 0.25) is 0 Å². The van der Waals surface area contributed by atoms with Crippen LogP contribution >= 0.6 is 0 Å². The van der Waals surface area contributed by atoms with Crippen LogP contribution in [0.15, 0.2) is 85.1 Å². The first-order valence-electron chi connectivity index (χ1n) is 10.2. The van der Waals surface area contributed by atoms with Crippen molar-refractivity contribution in [1.29, 1.82) is 0 Å². The molecule has 7 nitrogen and oxygen atoms in total. The second-order valence-electron chi connectivity index (χ2n) is 7.38. The lowest BCUT2D eigenvalue weighted by molar-refractivity contribution is -0.118. The highest BCUT2D eigenvalue weighted by Crippen LogP contribution is 2.28. The summed E-state index contributed by atoms with van der Waals surface area (Å²) in [5, 5.41) is 10.5. The smallest absolute Gasteiger partial charge is 0.262 e. The minimum absolute atomic E-state index is 0.0216. The number of hydrogen-bond acceptors (Lipinski definition) is 4. The van der Waals surface area contributed by atoms with Crippen LogP contribution in [-0.2, 0) is 11.3 Å². The number of aromatic nitrogens is 2. The number of para-hydroxylation sites is 1. The highest BCUT2D eigenvalue weighted by Gasteiger charge is 2.18. The summed E-state index contributed by atoms with van der Waals surface area (Å²) in [4.78, 5) is 24.4. The molecule has 1 aliphatic heterocycles. The van der Waals surface area contributed by atoms with Crippen LogP contribution in [0, 0.1) is 0 Å². The second kappa shape index (κ2) is 8.39. The molecule has 0 saturated heterocycles. The van der Waals surface area contributed by atoms with Crippen LogP contribution in [0.1, 0.15) is 15.9 Å². The molecule has 0 spiro atoms. The van der Waals surface area contributed by atoms with E-state index in [0.29, 0.717) is 23.5 Å². The molecule has 32 heavy (non-hydrogen) atoms. The fourth-order valence-corrected chi connectivity index (χ4v) is 3.59. The van der Waals surface area contributed by atoms with Crippen LogP contribution in [0.4, 0.5) is 5.69 Å². The molecule has 0 bridgehead atoms. The molecule has 0 saturated carbocycles. The summed E-state index contributed by atoms with van der Waals surface area (Å²) in [6.07, 6.45) is 1.93. The van der Waals surface area contributed by atoms with Crippen LogP contribution in [0.3, 0.4) is 0 Å². The van der Waals surface area contributed by atoms with E-state index in [1.54, 1.807) is 18.2 Å². The summed E-state index contributed by atoms with van der Waals surface area (Å²) in [5.41, 5.74) is 4.54. The monoisotopic (exact) mass is 424 g/mol. The van der Waals surface area contributed by atoms with Gasteiger partial charge in [-0.1, -0.05) is 48.5 Å². The third kappa shape index (κ3) is 3.96.